The Balaban J connectivity index is 2.30. The number of hydrogen-bond acceptors (Lipinski definition) is 2. The third-order valence-electron chi connectivity index (χ3n) is 2.20. The van der Waals surface area contributed by atoms with Gasteiger partial charge in [-0.15, -0.1) is 0 Å². The lowest BCUT2D eigenvalue weighted by Gasteiger charge is -2.01. The summed E-state index contributed by atoms with van der Waals surface area (Å²) in [4.78, 5) is 10.9. The van der Waals surface area contributed by atoms with Crippen LogP contribution in [0.1, 0.15) is 16.1 Å². The minimum absolute atomic E-state index is 0.423. The quantitative estimate of drug-likeness (QED) is 0.872. The van der Waals surface area contributed by atoms with Crippen molar-refractivity contribution in [2.45, 2.75) is 5.33 Å². The van der Waals surface area contributed by atoms with E-state index >= 15 is 0 Å². The van der Waals surface area contributed by atoms with E-state index in [0.717, 1.165) is 16.7 Å². The Kier molecular flexibility index (Phi) is 3.05. The lowest BCUT2D eigenvalue weighted by atomic mass is 10.2. The second-order valence-corrected chi connectivity index (χ2v) is 3.86. The zero-order valence-electron chi connectivity index (χ0n) is 8.43. The second kappa shape index (κ2) is 4.49. The van der Waals surface area contributed by atoms with Crippen LogP contribution in [0.25, 0.3) is 5.69 Å². The predicted octanol–water partition coefficient (Wildman–Crippen LogP) is 1.87. The molecule has 0 saturated heterocycles. The standard InChI is InChI=1S/C11H10BrN3O/c12-7-9-5-6-15(14-9)10-3-1-8(2-4-10)11(13)16/h1-6H,7H2,(H2,13,16). The summed E-state index contributed by atoms with van der Waals surface area (Å²) in [6, 6.07) is 8.92. The fraction of sp³-hybridized carbons (Fsp3) is 0.0909. The van der Waals surface area contributed by atoms with E-state index in [0.29, 0.717) is 5.56 Å². The number of amides is 1. The third-order valence-corrected chi connectivity index (χ3v) is 2.77. The molecule has 5 heteroatoms. The monoisotopic (exact) mass is 279 g/mol. The van der Waals surface area contributed by atoms with Crippen LogP contribution < -0.4 is 5.73 Å². The molecule has 1 heterocycles. The van der Waals surface area contributed by atoms with Crippen LogP contribution in [0.5, 0.6) is 0 Å². The van der Waals surface area contributed by atoms with Gasteiger partial charge in [-0.2, -0.15) is 5.10 Å². The molecular weight excluding hydrogens is 270 g/mol. The lowest BCUT2D eigenvalue weighted by molar-refractivity contribution is 0.100. The molecule has 0 aliphatic heterocycles. The number of carbonyl (C=O) groups is 1. The maximum atomic E-state index is 10.9. The largest absolute Gasteiger partial charge is 0.366 e. The van der Waals surface area contributed by atoms with E-state index in [1.54, 1.807) is 16.8 Å². The highest BCUT2D eigenvalue weighted by atomic mass is 79.9. The third kappa shape index (κ3) is 2.14. The molecule has 0 spiro atoms. The van der Waals surface area contributed by atoms with Gasteiger partial charge in [-0.3, -0.25) is 4.79 Å². The normalized spacial score (nSPS) is 10.3. The van der Waals surface area contributed by atoms with Crippen LogP contribution in [0.4, 0.5) is 0 Å². The zero-order valence-corrected chi connectivity index (χ0v) is 10.0. The smallest absolute Gasteiger partial charge is 0.248 e. The van der Waals surface area contributed by atoms with Gasteiger partial charge in [0, 0.05) is 17.1 Å². The Morgan fingerprint density at radius 3 is 2.50 bits per heavy atom. The average Bonchev–Trinajstić information content (AvgIpc) is 2.77. The Morgan fingerprint density at radius 1 is 1.31 bits per heavy atom. The van der Waals surface area contributed by atoms with Crippen molar-refractivity contribution in [1.82, 2.24) is 9.78 Å². The highest BCUT2D eigenvalue weighted by molar-refractivity contribution is 9.08. The summed E-state index contributed by atoms with van der Waals surface area (Å²) in [5.41, 5.74) is 7.52. The number of primary amides is 1. The van der Waals surface area contributed by atoms with Gasteiger partial charge in [0.25, 0.3) is 0 Å². The number of carbonyl (C=O) groups excluding carboxylic acids is 1. The first-order valence-electron chi connectivity index (χ1n) is 4.71. The van der Waals surface area contributed by atoms with Crippen molar-refractivity contribution in [3.8, 4) is 5.69 Å². The number of benzene rings is 1. The summed E-state index contributed by atoms with van der Waals surface area (Å²) in [6.45, 7) is 0. The van der Waals surface area contributed by atoms with Crippen molar-refractivity contribution < 1.29 is 4.79 Å². The summed E-state index contributed by atoms with van der Waals surface area (Å²) in [5.74, 6) is -0.423. The van der Waals surface area contributed by atoms with Crippen molar-refractivity contribution in [2.24, 2.45) is 5.73 Å². The fourth-order valence-electron chi connectivity index (χ4n) is 1.36. The number of hydrogen-bond donors (Lipinski definition) is 1. The van der Waals surface area contributed by atoms with Crippen LogP contribution in [0.2, 0.25) is 0 Å². The minimum Gasteiger partial charge on any atom is -0.366 e. The number of alkyl halides is 1. The molecular formula is C11H10BrN3O. The molecule has 82 valence electrons. The van der Waals surface area contributed by atoms with Crippen LogP contribution in [0.15, 0.2) is 36.5 Å². The molecule has 0 aliphatic rings. The molecule has 0 atom stereocenters. The molecule has 0 aliphatic carbocycles. The first-order valence-corrected chi connectivity index (χ1v) is 5.83. The SMILES string of the molecule is NC(=O)c1ccc(-n2ccc(CBr)n2)cc1. The van der Waals surface area contributed by atoms with Crippen molar-refractivity contribution in [3.05, 3.63) is 47.8 Å². The molecule has 0 saturated carbocycles. The maximum Gasteiger partial charge on any atom is 0.248 e. The molecule has 2 rings (SSSR count). The summed E-state index contributed by atoms with van der Waals surface area (Å²) >= 11 is 3.34. The van der Waals surface area contributed by atoms with Crippen molar-refractivity contribution in [3.63, 3.8) is 0 Å². The van der Waals surface area contributed by atoms with Crippen LogP contribution in [0, 0.1) is 0 Å². The van der Waals surface area contributed by atoms with E-state index in [4.69, 9.17) is 5.73 Å². The molecule has 2 N–H and O–H groups in total. The maximum absolute atomic E-state index is 10.9. The van der Waals surface area contributed by atoms with Gasteiger partial charge >= 0.3 is 0 Å². The minimum atomic E-state index is -0.423. The topological polar surface area (TPSA) is 60.9 Å². The van der Waals surface area contributed by atoms with Crippen LogP contribution in [-0.2, 0) is 5.33 Å². The summed E-state index contributed by atoms with van der Waals surface area (Å²) in [6.07, 6.45) is 1.87. The first-order chi connectivity index (χ1) is 7.70. The Labute approximate surface area is 101 Å². The Hall–Kier alpha value is -1.62. The van der Waals surface area contributed by atoms with Gasteiger partial charge in [0.15, 0.2) is 0 Å². The molecule has 0 fully saturated rings. The van der Waals surface area contributed by atoms with Crippen LogP contribution in [-0.4, -0.2) is 15.7 Å². The van der Waals surface area contributed by atoms with E-state index < -0.39 is 5.91 Å². The number of nitrogens with zero attached hydrogens (tertiary/aromatic N) is 2. The zero-order chi connectivity index (χ0) is 11.5. The van der Waals surface area contributed by atoms with Gasteiger partial charge in [-0.1, -0.05) is 15.9 Å². The van der Waals surface area contributed by atoms with Gasteiger partial charge in [-0.25, -0.2) is 4.68 Å². The molecule has 0 radical (unpaired) electrons. The van der Waals surface area contributed by atoms with Crippen LogP contribution >= 0.6 is 15.9 Å². The molecule has 1 aromatic carbocycles. The summed E-state index contributed by atoms with van der Waals surface area (Å²) in [7, 11) is 0. The van der Waals surface area contributed by atoms with Gasteiger partial charge in [0.2, 0.25) is 5.91 Å². The number of aromatic nitrogens is 2. The second-order valence-electron chi connectivity index (χ2n) is 3.30. The average molecular weight is 280 g/mol. The first kappa shape index (κ1) is 10.9. The van der Waals surface area contributed by atoms with Crippen molar-refractivity contribution >= 4 is 21.8 Å². The number of nitrogens with two attached hydrogens (primary N) is 1. The highest BCUT2D eigenvalue weighted by Crippen LogP contribution is 2.10. The van der Waals surface area contributed by atoms with E-state index in [1.165, 1.54) is 0 Å². The molecule has 0 bridgehead atoms. The van der Waals surface area contributed by atoms with E-state index in [2.05, 4.69) is 21.0 Å². The van der Waals surface area contributed by atoms with E-state index in [1.807, 2.05) is 24.4 Å². The Bertz CT molecular complexity index is 504. The number of halogens is 1. The van der Waals surface area contributed by atoms with E-state index in [-0.39, 0.29) is 0 Å². The van der Waals surface area contributed by atoms with Gasteiger partial charge < -0.3 is 5.73 Å². The molecule has 4 nitrogen and oxygen atoms in total. The molecule has 16 heavy (non-hydrogen) atoms. The molecule has 2 aromatic rings. The molecule has 0 unspecified atom stereocenters. The highest BCUT2D eigenvalue weighted by Gasteiger charge is 2.02. The predicted molar refractivity (Wildman–Crippen MR) is 64.7 cm³/mol. The van der Waals surface area contributed by atoms with Gasteiger partial charge in [0.05, 0.1) is 11.4 Å². The van der Waals surface area contributed by atoms with Crippen molar-refractivity contribution in [2.75, 3.05) is 0 Å². The van der Waals surface area contributed by atoms with Crippen molar-refractivity contribution in [1.29, 1.82) is 0 Å². The lowest BCUT2D eigenvalue weighted by Crippen LogP contribution is -2.10. The fourth-order valence-corrected chi connectivity index (χ4v) is 1.65. The van der Waals surface area contributed by atoms with Crippen LogP contribution in [0.3, 0.4) is 0 Å². The van der Waals surface area contributed by atoms with Gasteiger partial charge in [-0.05, 0) is 30.3 Å². The summed E-state index contributed by atoms with van der Waals surface area (Å²) < 4.78 is 1.75. The van der Waals surface area contributed by atoms with Gasteiger partial charge in [0.1, 0.15) is 0 Å². The molecule has 1 amide bonds. The Morgan fingerprint density at radius 2 is 2.00 bits per heavy atom. The summed E-state index contributed by atoms with van der Waals surface area (Å²) in [5, 5.41) is 5.05. The molecule has 1 aromatic heterocycles. The number of rotatable bonds is 3. The van der Waals surface area contributed by atoms with E-state index in [9.17, 15) is 4.79 Å².